The van der Waals surface area contributed by atoms with Crippen molar-refractivity contribution in [2.24, 2.45) is 4.99 Å². The van der Waals surface area contributed by atoms with E-state index in [2.05, 4.69) is 28.5 Å². The van der Waals surface area contributed by atoms with Crippen molar-refractivity contribution >= 4 is 17.3 Å². The maximum atomic E-state index is 5.81. The van der Waals surface area contributed by atoms with Crippen LogP contribution in [0.5, 0.6) is 0 Å². The molecule has 108 valence electrons. The van der Waals surface area contributed by atoms with Gasteiger partial charge in [-0.3, -0.25) is 0 Å². The number of rotatable bonds is 5. The van der Waals surface area contributed by atoms with Crippen molar-refractivity contribution in [3.05, 3.63) is 77.8 Å². The SMILES string of the molecule is C=CN=c1c(C(=C)NC)cccn1Cc1ccc(Cl)nc1. The van der Waals surface area contributed by atoms with Gasteiger partial charge in [-0.15, -0.1) is 0 Å². The normalized spacial score (nSPS) is 11.2. The van der Waals surface area contributed by atoms with Gasteiger partial charge in [0.1, 0.15) is 10.6 Å². The summed E-state index contributed by atoms with van der Waals surface area (Å²) in [6, 6.07) is 7.65. The number of nitrogens with one attached hydrogen (secondary N) is 1. The first-order valence-electron chi connectivity index (χ1n) is 6.47. The Morgan fingerprint density at radius 2 is 2.29 bits per heavy atom. The quantitative estimate of drug-likeness (QED) is 0.863. The Bertz CT molecular complexity index is 714. The number of nitrogens with zero attached hydrogens (tertiary/aromatic N) is 3. The molecule has 0 unspecified atom stereocenters. The Labute approximate surface area is 129 Å². The highest BCUT2D eigenvalue weighted by Gasteiger charge is 2.04. The summed E-state index contributed by atoms with van der Waals surface area (Å²) in [5.41, 5.74) is 3.57. The Morgan fingerprint density at radius 1 is 1.48 bits per heavy atom. The summed E-state index contributed by atoms with van der Waals surface area (Å²) in [6.07, 6.45) is 5.24. The summed E-state index contributed by atoms with van der Waals surface area (Å²) in [4.78, 5) is 8.46. The molecule has 2 heterocycles. The fourth-order valence-electron chi connectivity index (χ4n) is 1.97. The zero-order chi connectivity index (χ0) is 15.2. The van der Waals surface area contributed by atoms with Crippen LogP contribution < -0.4 is 10.8 Å². The maximum Gasteiger partial charge on any atom is 0.142 e. The van der Waals surface area contributed by atoms with Crippen LogP contribution in [0.3, 0.4) is 0 Å². The Kier molecular flexibility index (Phi) is 4.95. The van der Waals surface area contributed by atoms with Crippen molar-refractivity contribution in [2.75, 3.05) is 7.05 Å². The van der Waals surface area contributed by atoms with Crippen molar-refractivity contribution in [2.45, 2.75) is 6.54 Å². The van der Waals surface area contributed by atoms with Gasteiger partial charge >= 0.3 is 0 Å². The van der Waals surface area contributed by atoms with E-state index in [9.17, 15) is 0 Å². The molecule has 0 aliphatic rings. The first-order chi connectivity index (χ1) is 10.2. The minimum Gasteiger partial charge on any atom is -0.388 e. The molecule has 0 amide bonds. The number of hydrogen-bond donors (Lipinski definition) is 1. The molecule has 0 aliphatic heterocycles. The lowest BCUT2D eigenvalue weighted by Crippen LogP contribution is -2.26. The number of hydrogen-bond acceptors (Lipinski definition) is 3. The Morgan fingerprint density at radius 3 is 2.90 bits per heavy atom. The molecular formula is C16H17ClN4. The maximum absolute atomic E-state index is 5.81. The average molecular weight is 301 g/mol. The van der Waals surface area contributed by atoms with Crippen LogP contribution in [0.1, 0.15) is 11.1 Å². The van der Waals surface area contributed by atoms with Crippen LogP contribution in [-0.4, -0.2) is 16.6 Å². The minimum atomic E-state index is 0.483. The fourth-order valence-corrected chi connectivity index (χ4v) is 2.08. The average Bonchev–Trinajstić information content (AvgIpc) is 2.50. The predicted molar refractivity (Wildman–Crippen MR) is 86.6 cm³/mol. The number of halogens is 1. The van der Waals surface area contributed by atoms with E-state index in [1.807, 2.05) is 36.0 Å². The molecule has 0 aliphatic carbocycles. The van der Waals surface area contributed by atoms with Crippen molar-refractivity contribution in [1.29, 1.82) is 0 Å². The lowest BCUT2D eigenvalue weighted by atomic mass is 10.2. The van der Waals surface area contributed by atoms with Gasteiger partial charge in [-0.25, -0.2) is 9.98 Å². The molecular weight excluding hydrogens is 284 g/mol. The zero-order valence-corrected chi connectivity index (χ0v) is 12.6. The second kappa shape index (κ2) is 6.90. The van der Waals surface area contributed by atoms with Crippen molar-refractivity contribution < 1.29 is 0 Å². The van der Waals surface area contributed by atoms with Gasteiger partial charge in [-0.1, -0.05) is 30.8 Å². The molecule has 0 saturated heterocycles. The summed E-state index contributed by atoms with van der Waals surface area (Å²) >= 11 is 5.81. The highest BCUT2D eigenvalue weighted by atomic mass is 35.5. The van der Waals surface area contributed by atoms with E-state index in [1.165, 1.54) is 6.20 Å². The van der Waals surface area contributed by atoms with Crippen LogP contribution in [0, 0.1) is 0 Å². The first kappa shape index (κ1) is 15.1. The van der Waals surface area contributed by atoms with Crippen LogP contribution in [-0.2, 0) is 6.54 Å². The molecule has 1 N–H and O–H groups in total. The van der Waals surface area contributed by atoms with E-state index >= 15 is 0 Å². The molecule has 0 fully saturated rings. The van der Waals surface area contributed by atoms with Gasteiger partial charge in [-0.2, -0.15) is 0 Å². The predicted octanol–water partition coefficient (Wildman–Crippen LogP) is 2.82. The second-order valence-corrected chi connectivity index (χ2v) is 4.79. The highest BCUT2D eigenvalue weighted by molar-refractivity contribution is 6.29. The molecule has 2 aromatic heterocycles. The van der Waals surface area contributed by atoms with Gasteiger partial charge in [0, 0.05) is 36.9 Å². The summed E-state index contributed by atoms with van der Waals surface area (Å²) in [6.45, 7) is 8.32. The molecule has 0 radical (unpaired) electrons. The Balaban J connectivity index is 2.48. The molecule has 0 bridgehead atoms. The van der Waals surface area contributed by atoms with E-state index in [0.29, 0.717) is 11.7 Å². The van der Waals surface area contributed by atoms with Gasteiger partial charge < -0.3 is 9.88 Å². The van der Waals surface area contributed by atoms with Gasteiger partial charge in [0.15, 0.2) is 0 Å². The highest BCUT2D eigenvalue weighted by Crippen LogP contribution is 2.08. The molecule has 0 aromatic carbocycles. The van der Waals surface area contributed by atoms with E-state index in [4.69, 9.17) is 11.6 Å². The van der Waals surface area contributed by atoms with Crippen LogP contribution in [0.15, 0.2) is 61.0 Å². The van der Waals surface area contributed by atoms with Gasteiger partial charge in [0.05, 0.1) is 6.54 Å². The summed E-state index contributed by atoms with van der Waals surface area (Å²) < 4.78 is 2.02. The zero-order valence-electron chi connectivity index (χ0n) is 11.9. The van der Waals surface area contributed by atoms with Crippen LogP contribution in [0.25, 0.3) is 5.70 Å². The third kappa shape index (κ3) is 3.61. The van der Waals surface area contributed by atoms with Crippen LogP contribution in [0.2, 0.25) is 5.15 Å². The molecule has 2 rings (SSSR count). The molecule has 4 nitrogen and oxygen atoms in total. The Hall–Kier alpha value is -2.33. The van der Waals surface area contributed by atoms with E-state index < -0.39 is 0 Å². The fraction of sp³-hybridized carbons (Fsp3) is 0.125. The smallest absolute Gasteiger partial charge is 0.142 e. The number of aromatic nitrogens is 2. The van der Waals surface area contributed by atoms with E-state index in [0.717, 1.165) is 22.3 Å². The first-order valence-corrected chi connectivity index (χ1v) is 6.85. The summed E-state index contributed by atoms with van der Waals surface area (Å²) in [5, 5.41) is 3.53. The molecule has 2 aromatic rings. The molecule has 0 atom stereocenters. The minimum absolute atomic E-state index is 0.483. The molecule has 0 spiro atoms. The summed E-state index contributed by atoms with van der Waals surface area (Å²) in [7, 11) is 1.83. The third-order valence-electron chi connectivity index (χ3n) is 3.02. The standard InChI is InChI=1S/C16H17ClN4/c1-4-19-16-14(12(2)18-3)6-5-9-21(16)11-13-7-8-15(17)20-10-13/h4-10,18H,1-2,11H2,3H3. The summed E-state index contributed by atoms with van der Waals surface area (Å²) in [5.74, 6) is 0. The molecule has 0 saturated carbocycles. The van der Waals surface area contributed by atoms with Crippen LogP contribution in [0.4, 0.5) is 0 Å². The topological polar surface area (TPSA) is 42.2 Å². The third-order valence-corrected chi connectivity index (χ3v) is 3.25. The lowest BCUT2D eigenvalue weighted by Gasteiger charge is -2.12. The van der Waals surface area contributed by atoms with Crippen molar-refractivity contribution in [3.63, 3.8) is 0 Å². The van der Waals surface area contributed by atoms with Gasteiger partial charge in [-0.05, 0) is 23.8 Å². The van der Waals surface area contributed by atoms with Crippen molar-refractivity contribution in [3.8, 4) is 0 Å². The monoisotopic (exact) mass is 300 g/mol. The number of pyridine rings is 2. The van der Waals surface area contributed by atoms with Crippen molar-refractivity contribution in [1.82, 2.24) is 14.9 Å². The second-order valence-electron chi connectivity index (χ2n) is 4.40. The van der Waals surface area contributed by atoms with Gasteiger partial charge in [0.2, 0.25) is 0 Å². The van der Waals surface area contributed by atoms with Crippen LogP contribution >= 0.6 is 11.6 Å². The molecule has 5 heteroatoms. The largest absolute Gasteiger partial charge is 0.388 e. The van der Waals surface area contributed by atoms with Gasteiger partial charge in [0.25, 0.3) is 0 Å². The van der Waals surface area contributed by atoms with E-state index in [1.54, 1.807) is 12.3 Å². The van der Waals surface area contributed by atoms with E-state index in [-0.39, 0.29) is 0 Å². The molecule has 21 heavy (non-hydrogen) atoms. The lowest BCUT2D eigenvalue weighted by molar-refractivity contribution is 0.735.